The summed E-state index contributed by atoms with van der Waals surface area (Å²) in [6.07, 6.45) is 76.3. The van der Waals surface area contributed by atoms with Crippen LogP contribution in [0.1, 0.15) is 410 Å². The Morgan fingerprint density at radius 1 is 0.226 bits per heavy atom. The van der Waals surface area contributed by atoms with Gasteiger partial charge < -0.3 is 9.11 Å². The maximum Gasteiger partial charge on any atom is 2.00 e. The number of aryl methyl sites for hydroxylation is 4. The second-order valence-corrected chi connectivity index (χ2v) is 31.1. The number of unbranched alkanes of at least 4 members (excludes halogenated alkanes) is 52. The van der Waals surface area contributed by atoms with Crippen LogP contribution >= 0.6 is 0 Å². The van der Waals surface area contributed by atoms with E-state index in [4.69, 9.17) is 0 Å². The summed E-state index contributed by atoms with van der Waals surface area (Å²) in [6.45, 7) is 9.10. The van der Waals surface area contributed by atoms with E-state index in [1.165, 1.54) is 308 Å². The minimum atomic E-state index is -4.56. The van der Waals surface area contributed by atoms with Gasteiger partial charge in [-0.1, -0.05) is 422 Å². The largest absolute Gasteiger partial charge is 2.00 e. The second kappa shape index (κ2) is 59.6. The van der Waals surface area contributed by atoms with E-state index in [9.17, 15) is 25.9 Å². The number of rotatable bonds is 62. The molecule has 0 amide bonds. The Labute approximate surface area is 616 Å². The third-order valence-electron chi connectivity index (χ3n) is 20.0. The third-order valence-corrected chi connectivity index (χ3v) is 22.0. The smallest absolute Gasteiger partial charge is 0.744 e. The number of fused-ring (bicyclic) bond motifs is 2. The van der Waals surface area contributed by atoms with Gasteiger partial charge in [-0.05, 0) is 84.4 Å². The van der Waals surface area contributed by atoms with Crippen LogP contribution < -0.4 is 0 Å². The molecule has 0 fully saturated rings. The summed E-state index contributed by atoms with van der Waals surface area (Å²) >= 11 is 0. The molecule has 0 radical (unpaired) electrons. The molecular weight excluding hydrogens is 1310 g/mol. The average Bonchev–Trinajstić information content (AvgIpc) is 0.810. The van der Waals surface area contributed by atoms with Crippen LogP contribution in [0, 0.1) is 0 Å². The Morgan fingerprint density at radius 3 is 0.581 bits per heavy atom. The third kappa shape index (κ3) is 43.2. The molecule has 93 heavy (non-hydrogen) atoms. The number of hydrogen-bond donors (Lipinski definition) is 0. The predicted octanol–water partition coefficient (Wildman–Crippen LogP) is 27.2. The van der Waals surface area contributed by atoms with Gasteiger partial charge in [0.2, 0.25) is 0 Å². The first-order valence-corrected chi connectivity index (χ1v) is 42.8. The molecule has 0 unspecified atom stereocenters. The summed E-state index contributed by atoms with van der Waals surface area (Å²) in [5.74, 6) is 0. The summed E-state index contributed by atoms with van der Waals surface area (Å²) in [5.41, 5.74) is 3.48. The van der Waals surface area contributed by atoms with E-state index in [0.29, 0.717) is 23.6 Å². The minimum absolute atomic E-state index is 0. The van der Waals surface area contributed by atoms with Crippen LogP contribution in [-0.4, -0.2) is 74.8 Å². The minimum Gasteiger partial charge on any atom is -0.744 e. The van der Waals surface area contributed by atoms with Crippen LogP contribution in [0.5, 0.6) is 0 Å². The van der Waals surface area contributed by atoms with Crippen molar-refractivity contribution in [3.63, 3.8) is 0 Å². The van der Waals surface area contributed by atoms with E-state index >= 15 is 0 Å². The van der Waals surface area contributed by atoms with Crippen molar-refractivity contribution >= 4 is 90.7 Å². The fourth-order valence-electron chi connectivity index (χ4n) is 14.3. The van der Waals surface area contributed by atoms with Crippen molar-refractivity contribution in [3.8, 4) is 0 Å². The molecule has 0 bridgehead atoms. The van der Waals surface area contributed by atoms with Gasteiger partial charge in [-0.2, -0.15) is 0 Å². The van der Waals surface area contributed by atoms with Gasteiger partial charge in [0, 0.05) is 10.8 Å². The summed E-state index contributed by atoms with van der Waals surface area (Å²) in [5, 5.41) is 3.13. The molecular formula is C84H142BaO6S2. The molecule has 9 heteroatoms. The van der Waals surface area contributed by atoms with Crippen LogP contribution in [0.25, 0.3) is 21.5 Å². The standard InChI is InChI=1S/2C42H72O3S.Ba/c2*1-3-5-7-9-11-13-15-17-19-21-23-25-27-29-32-38-34-31-35-39-36-37-40(42(41(38)39)46(43,44)45)33-30-28-26-24-22-20-18-16-14-12-10-8-6-4-2;/h2*31,34-37H,3-30,32-33H2,1-2H3,(H,43,44,45);/q;;+2/p-2. The van der Waals surface area contributed by atoms with Gasteiger partial charge in [0.15, 0.2) is 0 Å². The Kier molecular flexibility index (Phi) is 56.4. The maximum atomic E-state index is 12.6. The summed E-state index contributed by atoms with van der Waals surface area (Å²) in [4.78, 5) is 0.112. The molecule has 0 atom stereocenters. The summed E-state index contributed by atoms with van der Waals surface area (Å²) in [7, 11) is -9.12. The van der Waals surface area contributed by atoms with Crippen molar-refractivity contribution in [1.82, 2.24) is 0 Å². The number of hydrogen-bond acceptors (Lipinski definition) is 6. The van der Waals surface area contributed by atoms with Crippen molar-refractivity contribution in [2.24, 2.45) is 0 Å². The molecule has 0 aliphatic heterocycles. The SMILES string of the molecule is CCCCCCCCCCCCCCCCc1ccc2cccc(CCCCCCCCCCCCCCCC)c2c1S(=O)(=O)[O-].CCCCCCCCCCCCCCCCc1ccc2cccc(CCCCCCCCCCCCCCCC)c2c1S(=O)(=O)[O-].[Ba+2]. The van der Waals surface area contributed by atoms with Crippen molar-refractivity contribution in [2.75, 3.05) is 0 Å². The van der Waals surface area contributed by atoms with Crippen LogP contribution in [0.15, 0.2) is 70.5 Å². The molecule has 0 saturated carbocycles. The van der Waals surface area contributed by atoms with E-state index in [-0.39, 0.29) is 58.7 Å². The van der Waals surface area contributed by atoms with E-state index in [1.54, 1.807) is 0 Å². The van der Waals surface area contributed by atoms with Crippen LogP contribution in [-0.2, 0) is 45.9 Å². The van der Waals surface area contributed by atoms with Gasteiger partial charge in [0.25, 0.3) is 0 Å². The van der Waals surface area contributed by atoms with Crippen LogP contribution in [0.2, 0.25) is 0 Å². The molecule has 0 N–H and O–H groups in total. The van der Waals surface area contributed by atoms with Crippen molar-refractivity contribution in [1.29, 1.82) is 0 Å². The van der Waals surface area contributed by atoms with Gasteiger partial charge >= 0.3 is 48.9 Å². The molecule has 6 nitrogen and oxygen atoms in total. The fraction of sp³-hybridized carbons (Fsp3) is 0.762. The Hall–Kier alpha value is -1.21. The zero-order chi connectivity index (χ0) is 66.3. The first kappa shape index (κ1) is 87.9. The number of benzene rings is 4. The summed E-state index contributed by atoms with van der Waals surface area (Å²) < 4.78 is 75.7. The van der Waals surface area contributed by atoms with Gasteiger partial charge in [-0.3, -0.25) is 0 Å². The predicted molar refractivity (Wildman–Crippen MR) is 406 cm³/mol. The molecule has 4 rings (SSSR count). The van der Waals surface area contributed by atoms with E-state index in [0.717, 1.165) is 97.2 Å². The van der Waals surface area contributed by atoms with Gasteiger partial charge in [0.1, 0.15) is 20.2 Å². The molecule has 0 spiro atoms. The first-order valence-electron chi connectivity index (χ1n) is 40.0. The van der Waals surface area contributed by atoms with E-state index in [2.05, 4.69) is 27.7 Å². The zero-order valence-electron chi connectivity index (χ0n) is 61.2. The van der Waals surface area contributed by atoms with Crippen LogP contribution in [0.3, 0.4) is 0 Å². The van der Waals surface area contributed by atoms with Gasteiger partial charge in [0.05, 0.1) is 9.79 Å². The van der Waals surface area contributed by atoms with Crippen molar-refractivity contribution in [3.05, 3.63) is 82.9 Å². The Balaban J connectivity index is 0.000000627. The second-order valence-electron chi connectivity index (χ2n) is 28.4. The summed E-state index contributed by atoms with van der Waals surface area (Å²) in [6, 6.07) is 19.8. The van der Waals surface area contributed by atoms with Crippen molar-refractivity contribution in [2.45, 2.75) is 423 Å². The molecule has 4 aromatic rings. The normalized spacial score (nSPS) is 11.8. The van der Waals surface area contributed by atoms with E-state index in [1.807, 2.05) is 60.7 Å². The zero-order valence-corrected chi connectivity index (χ0v) is 67.2. The van der Waals surface area contributed by atoms with Crippen LogP contribution in [0.4, 0.5) is 0 Å². The van der Waals surface area contributed by atoms with Gasteiger partial charge in [-0.15, -0.1) is 0 Å². The molecule has 0 aliphatic carbocycles. The van der Waals surface area contributed by atoms with E-state index < -0.39 is 20.2 Å². The first-order chi connectivity index (χ1) is 45.0. The Morgan fingerprint density at radius 2 is 0.398 bits per heavy atom. The fourth-order valence-corrected chi connectivity index (χ4v) is 16.3. The molecule has 4 aromatic carbocycles. The quantitative estimate of drug-likeness (QED) is 0.0247. The average molecular weight is 1450 g/mol. The van der Waals surface area contributed by atoms with Gasteiger partial charge in [-0.25, -0.2) is 16.8 Å². The maximum absolute atomic E-state index is 12.6. The molecule has 0 heterocycles. The topological polar surface area (TPSA) is 114 Å². The molecule has 0 saturated heterocycles. The molecule has 0 aliphatic rings. The Bertz CT molecular complexity index is 2430. The molecule has 528 valence electrons. The van der Waals surface area contributed by atoms with Crippen molar-refractivity contribution < 1.29 is 25.9 Å². The monoisotopic (exact) mass is 1450 g/mol. The molecule has 0 aromatic heterocycles.